The first-order chi connectivity index (χ1) is 8.45. The third-order valence-corrected chi connectivity index (χ3v) is 3.68. The molecule has 0 aromatic heterocycles. The summed E-state index contributed by atoms with van der Waals surface area (Å²) in [5.41, 5.74) is 2.47. The van der Waals surface area contributed by atoms with Gasteiger partial charge in [0.2, 0.25) is 0 Å². The molecule has 3 nitrogen and oxygen atoms in total. The highest BCUT2D eigenvalue weighted by Crippen LogP contribution is 2.29. The van der Waals surface area contributed by atoms with E-state index in [2.05, 4.69) is 58.3 Å². The summed E-state index contributed by atoms with van der Waals surface area (Å²) in [5, 5.41) is 12.6. The molecule has 2 atom stereocenters. The largest absolute Gasteiger partial charge is 0.393 e. The first kappa shape index (κ1) is 15.5. The Balaban J connectivity index is 2.92. The van der Waals surface area contributed by atoms with Crippen LogP contribution in [0, 0.1) is 0 Å². The summed E-state index contributed by atoms with van der Waals surface area (Å²) in [5.74, 6) is 0. The molecular formula is C14H23BrN2O. The van der Waals surface area contributed by atoms with Gasteiger partial charge in [-0.05, 0) is 51.1 Å². The van der Waals surface area contributed by atoms with E-state index in [9.17, 15) is 5.11 Å². The molecule has 1 aromatic rings. The van der Waals surface area contributed by atoms with Crippen LogP contribution in [0.5, 0.6) is 0 Å². The van der Waals surface area contributed by atoms with Gasteiger partial charge in [-0.1, -0.05) is 15.9 Å². The van der Waals surface area contributed by atoms with Gasteiger partial charge in [0.25, 0.3) is 0 Å². The van der Waals surface area contributed by atoms with E-state index in [1.165, 1.54) is 11.3 Å². The van der Waals surface area contributed by atoms with E-state index in [0.29, 0.717) is 6.04 Å². The fourth-order valence-corrected chi connectivity index (χ4v) is 2.26. The van der Waals surface area contributed by atoms with Gasteiger partial charge in [0.15, 0.2) is 0 Å². The molecule has 102 valence electrons. The number of nitrogens with zero attached hydrogens (tertiary/aromatic N) is 1. The quantitative estimate of drug-likeness (QED) is 0.847. The summed E-state index contributed by atoms with van der Waals surface area (Å²) in [6.07, 6.45) is 0.521. The molecule has 0 fully saturated rings. The van der Waals surface area contributed by atoms with Crippen molar-refractivity contribution in [2.75, 3.05) is 25.5 Å². The second-order valence-electron chi connectivity index (χ2n) is 4.77. The van der Waals surface area contributed by atoms with Gasteiger partial charge in [0, 0.05) is 29.8 Å². The molecule has 0 bridgehead atoms. The van der Waals surface area contributed by atoms with Crippen molar-refractivity contribution in [3.8, 4) is 0 Å². The Hall–Kier alpha value is -0.580. The summed E-state index contributed by atoms with van der Waals surface area (Å²) in [4.78, 5) is 2.20. The minimum atomic E-state index is -0.256. The number of anilines is 1. The van der Waals surface area contributed by atoms with E-state index in [-0.39, 0.29) is 6.10 Å². The van der Waals surface area contributed by atoms with Crippen molar-refractivity contribution in [2.24, 2.45) is 0 Å². The zero-order chi connectivity index (χ0) is 13.7. The Labute approximate surface area is 118 Å². The predicted octanol–water partition coefficient (Wildman–Crippen LogP) is 2.94. The lowest BCUT2D eigenvalue weighted by molar-refractivity contribution is 0.187. The Kier molecular flexibility index (Phi) is 6.12. The molecule has 2 N–H and O–H groups in total. The van der Waals surface area contributed by atoms with Crippen LogP contribution in [-0.4, -0.2) is 31.9 Å². The van der Waals surface area contributed by atoms with Gasteiger partial charge in [0.05, 0.1) is 6.10 Å². The lowest BCUT2D eigenvalue weighted by atomic mass is 10.1. The third-order valence-electron chi connectivity index (χ3n) is 3.18. The van der Waals surface area contributed by atoms with Crippen LogP contribution in [-0.2, 0) is 0 Å². The standard InChI is InChI=1S/C14H23BrN2O/c1-10(18)7-8-17(4)14-6-5-12(15)9-13(14)11(2)16-3/h5-6,9-11,16,18H,7-8H2,1-4H3. The second-order valence-corrected chi connectivity index (χ2v) is 5.69. The first-order valence-electron chi connectivity index (χ1n) is 6.31. The summed E-state index contributed by atoms with van der Waals surface area (Å²) in [7, 11) is 4.03. The summed E-state index contributed by atoms with van der Waals surface area (Å²) in [6, 6.07) is 6.62. The van der Waals surface area contributed by atoms with Gasteiger partial charge in [0.1, 0.15) is 0 Å². The van der Waals surface area contributed by atoms with Crippen molar-refractivity contribution in [3.05, 3.63) is 28.2 Å². The molecule has 0 spiro atoms. The van der Waals surface area contributed by atoms with Crippen molar-refractivity contribution in [2.45, 2.75) is 32.4 Å². The highest BCUT2D eigenvalue weighted by molar-refractivity contribution is 9.10. The molecule has 0 heterocycles. The summed E-state index contributed by atoms with van der Waals surface area (Å²) in [6.45, 7) is 4.82. The van der Waals surface area contributed by atoms with E-state index in [1.54, 1.807) is 0 Å². The number of rotatable bonds is 6. The normalized spacial score (nSPS) is 14.3. The van der Waals surface area contributed by atoms with Gasteiger partial charge in [-0.15, -0.1) is 0 Å². The first-order valence-corrected chi connectivity index (χ1v) is 7.11. The van der Waals surface area contributed by atoms with Gasteiger partial charge in [-0.3, -0.25) is 0 Å². The number of halogens is 1. The Morgan fingerprint density at radius 1 is 1.39 bits per heavy atom. The average molecular weight is 315 g/mol. The van der Waals surface area contributed by atoms with Crippen molar-refractivity contribution in [1.29, 1.82) is 0 Å². The molecule has 0 saturated carbocycles. The monoisotopic (exact) mass is 314 g/mol. The molecule has 1 aromatic carbocycles. The zero-order valence-electron chi connectivity index (χ0n) is 11.6. The van der Waals surface area contributed by atoms with Crippen LogP contribution in [0.25, 0.3) is 0 Å². The molecule has 0 saturated heterocycles. The van der Waals surface area contributed by atoms with E-state index in [1.807, 2.05) is 14.0 Å². The second kappa shape index (κ2) is 7.12. The van der Waals surface area contributed by atoms with E-state index in [4.69, 9.17) is 0 Å². The van der Waals surface area contributed by atoms with E-state index in [0.717, 1.165) is 17.4 Å². The van der Waals surface area contributed by atoms with Crippen molar-refractivity contribution < 1.29 is 5.11 Å². The third kappa shape index (κ3) is 4.26. The van der Waals surface area contributed by atoms with Crippen LogP contribution >= 0.6 is 15.9 Å². The smallest absolute Gasteiger partial charge is 0.0528 e. The van der Waals surface area contributed by atoms with Crippen LogP contribution in [0.3, 0.4) is 0 Å². The Morgan fingerprint density at radius 2 is 2.06 bits per heavy atom. The van der Waals surface area contributed by atoms with Crippen LogP contribution in [0.1, 0.15) is 31.9 Å². The number of hydrogen-bond donors (Lipinski definition) is 2. The molecule has 18 heavy (non-hydrogen) atoms. The minimum Gasteiger partial charge on any atom is -0.393 e. The topological polar surface area (TPSA) is 35.5 Å². The minimum absolute atomic E-state index is 0.256. The van der Waals surface area contributed by atoms with E-state index < -0.39 is 0 Å². The van der Waals surface area contributed by atoms with Gasteiger partial charge in [-0.2, -0.15) is 0 Å². The number of aliphatic hydroxyl groups is 1. The van der Waals surface area contributed by atoms with Gasteiger partial charge < -0.3 is 15.3 Å². The SMILES string of the molecule is CNC(C)c1cc(Br)ccc1N(C)CCC(C)O. The van der Waals surface area contributed by atoms with Gasteiger partial charge >= 0.3 is 0 Å². The predicted molar refractivity (Wildman–Crippen MR) is 81.2 cm³/mol. The number of aliphatic hydroxyl groups excluding tert-OH is 1. The van der Waals surface area contributed by atoms with Crippen LogP contribution in [0.15, 0.2) is 22.7 Å². The summed E-state index contributed by atoms with van der Waals surface area (Å²) >= 11 is 3.52. The maximum Gasteiger partial charge on any atom is 0.0528 e. The maximum atomic E-state index is 9.37. The molecule has 4 heteroatoms. The fraction of sp³-hybridized carbons (Fsp3) is 0.571. The maximum absolute atomic E-state index is 9.37. The number of nitrogens with one attached hydrogen (secondary N) is 1. The lowest BCUT2D eigenvalue weighted by Crippen LogP contribution is -2.24. The van der Waals surface area contributed by atoms with Crippen LogP contribution < -0.4 is 10.2 Å². The van der Waals surface area contributed by atoms with Crippen molar-refractivity contribution in [1.82, 2.24) is 5.32 Å². The molecule has 2 unspecified atom stereocenters. The average Bonchev–Trinajstić information content (AvgIpc) is 2.34. The fourth-order valence-electron chi connectivity index (χ4n) is 1.88. The highest BCUT2D eigenvalue weighted by Gasteiger charge is 2.13. The zero-order valence-corrected chi connectivity index (χ0v) is 13.2. The van der Waals surface area contributed by atoms with Crippen LogP contribution in [0.4, 0.5) is 5.69 Å². The molecule has 0 aliphatic rings. The Bertz CT molecular complexity index is 382. The molecule has 0 aliphatic carbocycles. The number of hydrogen-bond acceptors (Lipinski definition) is 3. The van der Waals surface area contributed by atoms with E-state index >= 15 is 0 Å². The highest BCUT2D eigenvalue weighted by atomic mass is 79.9. The number of benzene rings is 1. The summed E-state index contributed by atoms with van der Waals surface area (Å²) < 4.78 is 1.09. The lowest BCUT2D eigenvalue weighted by Gasteiger charge is -2.25. The Morgan fingerprint density at radius 3 is 2.61 bits per heavy atom. The molecule has 0 aliphatic heterocycles. The molecule has 0 amide bonds. The molecular weight excluding hydrogens is 292 g/mol. The van der Waals surface area contributed by atoms with Crippen molar-refractivity contribution in [3.63, 3.8) is 0 Å². The van der Waals surface area contributed by atoms with Gasteiger partial charge in [-0.25, -0.2) is 0 Å². The molecule has 1 rings (SSSR count). The van der Waals surface area contributed by atoms with Crippen LogP contribution in [0.2, 0.25) is 0 Å². The molecule has 0 radical (unpaired) electrons. The van der Waals surface area contributed by atoms with Crippen molar-refractivity contribution >= 4 is 21.6 Å².